The molecule has 1 unspecified atom stereocenters. The number of carbonyl (C=O) groups is 2. The first kappa shape index (κ1) is 25.5. The number of allylic oxidation sites excluding steroid dienone is 3. The van der Waals surface area contributed by atoms with E-state index in [1.807, 2.05) is 22.8 Å². The van der Waals surface area contributed by atoms with Crippen molar-refractivity contribution in [3.63, 3.8) is 0 Å². The number of benzene rings is 1. The summed E-state index contributed by atoms with van der Waals surface area (Å²) >= 11 is 0. The molecule has 38 heavy (non-hydrogen) atoms. The number of aryl methyl sites for hydroxylation is 1. The Morgan fingerprint density at radius 1 is 1.13 bits per heavy atom. The van der Waals surface area contributed by atoms with Crippen molar-refractivity contribution in [1.29, 1.82) is 0 Å². The molecule has 7 nitrogen and oxygen atoms in total. The number of hydrogen-bond acceptors (Lipinski definition) is 4. The molecule has 2 heterocycles. The van der Waals surface area contributed by atoms with Crippen molar-refractivity contribution in [2.75, 3.05) is 0 Å². The number of carbonyl (C=O) groups excluding carboxylic acids is 2. The largest absolute Gasteiger partial charge is 0.369 e. The Balaban J connectivity index is 1.47. The summed E-state index contributed by atoms with van der Waals surface area (Å²) in [6.45, 7) is 0.0743. The molecule has 0 aliphatic heterocycles. The quantitative estimate of drug-likeness (QED) is 0.472. The van der Waals surface area contributed by atoms with Crippen LogP contribution in [0.1, 0.15) is 53.5 Å². The third-order valence-electron chi connectivity index (χ3n) is 7.03. The van der Waals surface area contributed by atoms with Crippen LogP contribution >= 0.6 is 0 Å². The van der Waals surface area contributed by atoms with Gasteiger partial charge in [0.1, 0.15) is 18.2 Å². The van der Waals surface area contributed by atoms with Crippen molar-refractivity contribution in [2.45, 2.75) is 51.1 Å². The van der Waals surface area contributed by atoms with Gasteiger partial charge in [0, 0.05) is 23.5 Å². The summed E-state index contributed by atoms with van der Waals surface area (Å²) < 4.78 is 29.9. The van der Waals surface area contributed by atoms with Gasteiger partial charge in [-0.15, -0.1) is 0 Å². The third-order valence-corrected chi connectivity index (χ3v) is 7.03. The van der Waals surface area contributed by atoms with Crippen LogP contribution in [0.5, 0.6) is 0 Å². The highest BCUT2D eigenvalue weighted by molar-refractivity contribution is 5.86. The Morgan fingerprint density at radius 2 is 1.92 bits per heavy atom. The van der Waals surface area contributed by atoms with E-state index in [9.17, 15) is 18.4 Å². The Labute approximate surface area is 219 Å². The molecule has 3 aromatic rings. The van der Waals surface area contributed by atoms with Gasteiger partial charge < -0.3 is 15.6 Å². The molecule has 0 saturated heterocycles. The van der Waals surface area contributed by atoms with E-state index in [1.54, 1.807) is 24.7 Å². The summed E-state index contributed by atoms with van der Waals surface area (Å²) in [6.07, 6.45) is 13.4. The molecule has 2 aliphatic rings. The zero-order valence-electron chi connectivity index (χ0n) is 20.9. The normalized spacial score (nSPS) is 17.4. The predicted octanol–water partition coefficient (Wildman–Crippen LogP) is 3.98. The number of imidazole rings is 1. The zero-order chi connectivity index (χ0) is 26.6. The van der Waals surface area contributed by atoms with E-state index in [4.69, 9.17) is 5.73 Å². The van der Waals surface area contributed by atoms with Crippen molar-refractivity contribution in [3.05, 3.63) is 101 Å². The number of aromatic nitrogens is 3. The van der Waals surface area contributed by atoms with Crippen LogP contribution in [0.3, 0.4) is 0 Å². The number of primary amides is 1. The van der Waals surface area contributed by atoms with Crippen LogP contribution in [-0.2, 0) is 35.4 Å². The van der Waals surface area contributed by atoms with Crippen LogP contribution in [0, 0.1) is 17.6 Å². The Kier molecular flexibility index (Phi) is 7.44. The fraction of sp³-hybridized carbons (Fsp3) is 0.310. The maximum Gasteiger partial charge on any atom is 0.240 e. The van der Waals surface area contributed by atoms with Crippen LogP contribution in [0.15, 0.2) is 61.1 Å². The van der Waals surface area contributed by atoms with Gasteiger partial charge in [0.15, 0.2) is 0 Å². The average Bonchev–Trinajstić information content (AvgIpc) is 3.30. The first-order valence-corrected chi connectivity index (χ1v) is 12.8. The van der Waals surface area contributed by atoms with Crippen molar-refractivity contribution in [2.24, 2.45) is 11.7 Å². The summed E-state index contributed by atoms with van der Waals surface area (Å²) in [5.41, 5.74) is 10.0. The van der Waals surface area contributed by atoms with Gasteiger partial charge in [-0.05, 0) is 67.9 Å². The Bertz CT molecular complexity index is 1410. The molecular weight excluding hydrogens is 488 g/mol. The summed E-state index contributed by atoms with van der Waals surface area (Å²) in [7, 11) is 0. The number of nitrogens with two attached hydrogens (primary N) is 1. The first-order chi connectivity index (χ1) is 18.4. The molecule has 2 amide bonds. The van der Waals surface area contributed by atoms with Crippen LogP contribution < -0.4 is 11.1 Å². The van der Waals surface area contributed by atoms with Crippen molar-refractivity contribution in [1.82, 2.24) is 19.9 Å². The summed E-state index contributed by atoms with van der Waals surface area (Å²) in [5.74, 6) is -2.54. The summed E-state index contributed by atoms with van der Waals surface area (Å²) in [5, 5.41) is 3.04. The average molecular weight is 518 g/mol. The Hall–Kier alpha value is -4.14. The highest BCUT2D eigenvalue weighted by Gasteiger charge is 2.25. The molecule has 0 radical (unpaired) electrons. The van der Waals surface area contributed by atoms with Crippen molar-refractivity contribution < 1.29 is 18.4 Å². The number of amides is 2. The number of nitrogens with one attached hydrogen (secondary N) is 1. The highest BCUT2D eigenvalue weighted by atomic mass is 19.1. The molecule has 0 bridgehead atoms. The minimum absolute atomic E-state index is 0.0743. The fourth-order valence-corrected chi connectivity index (χ4v) is 5.24. The lowest BCUT2D eigenvalue weighted by molar-refractivity contribution is -0.122. The van der Waals surface area contributed by atoms with Crippen LogP contribution in [-0.4, -0.2) is 26.3 Å². The number of hydrogen-bond donors (Lipinski definition) is 2. The summed E-state index contributed by atoms with van der Waals surface area (Å²) in [6, 6.07) is 6.23. The van der Waals surface area contributed by atoms with Crippen molar-refractivity contribution in [3.8, 4) is 0 Å². The van der Waals surface area contributed by atoms with E-state index < -0.39 is 29.5 Å². The van der Waals surface area contributed by atoms with Gasteiger partial charge in [-0.2, -0.15) is 0 Å². The zero-order valence-corrected chi connectivity index (χ0v) is 20.9. The molecular formula is C29H29F2N5O2. The second-order valence-electron chi connectivity index (χ2n) is 9.78. The molecule has 3 N–H and O–H groups in total. The lowest BCUT2D eigenvalue weighted by Crippen LogP contribution is -2.34. The molecule has 1 aromatic carbocycles. The van der Waals surface area contributed by atoms with E-state index in [0.29, 0.717) is 23.2 Å². The molecule has 0 fully saturated rings. The van der Waals surface area contributed by atoms with Crippen LogP contribution in [0.4, 0.5) is 8.78 Å². The molecule has 2 atom stereocenters. The van der Waals surface area contributed by atoms with E-state index in [0.717, 1.165) is 48.7 Å². The number of fused-ring (bicyclic) bond motifs is 1. The van der Waals surface area contributed by atoms with Crippen LogP contribution in [0.25, 0.3) is 5.57 Å². The van der Waals surface area contributed by atoms with Gasteiger partial charge in [0.25, 0.3) is 0 Å². The third kappa shape index (κ3) is 5.72. The standard InChI is InChI=1S/C29H29F2N5O2/c30-21-11-18(12-22(31)15-21)13-25(35-27(37)16-36-17-34-24-8-1-2-9-26(24)36)28-23(7-4-10-33-28)19-5-3-6-20(14-19)29(32)38/h3-5,7,10-12,14-15,17,20,25H,1-2,6,8-9,13,16H2,(H2,32,38)(H,35,37)/t20?,25-/m0/s1. The van der Waals surface area contributed by atoms with Gasteiger partial charge in [-0.3, -0.25) is 14.6 Å². The minimum Gasteiger partial charge on any atom is -0.369 e. The second-order valence-corrected chi connectivity index (χ2v) is 9.78. The maximum absolute atomic E-state index is 14.0. The van der Waals surface area contributed by atoms with Crippen molar-refractivity contribution >= 4 is 17.4 Å². The first-order valence-electron chi connectivity index (χ1n) is 12.8. The van der Waals surface area contributed by atoms with E-state index in [-0.39, 0.29) is 18.9 Å². The van der Waals surface area contributed by atoms with Gasteiger partial charge in [-0.1, -0.05) is 24.3 Å². The predicted molar refractivity (Wildman–Crippen MR) is 138 cm³/mol. The minimum atomic E-state index is -0.696. The monoisotopic (exact) mass is 517 g/mol. The van der Waals surface area contributed by atoms with Gasteiger partial charge in [0.05, 0.1) is 29.7 Å². The number of nitrogens with zero attached hydrogens (tertiary/aromatic N) is 3. The molecule has 5 rings (SSSR count). The van der Waals surface area contributed by atoms with Crippen LogP contribution in [0.2, 0.25) is 0 Å². The smallest absolute Gasteiger partial charge is 0.240 e. The molecule has 0 saturated carbocycles. The lowest BCUT2D eigenvalue weighted by Gasteiger charge is -2.23. The molecule has 2 aromatic heterocycles. The molecule has 9 heteroatoms. The van der Waals surface area contributed by atoms with E-state index in [1.165, 1.54) is 12.1 Å². The van der Waals surface area contributed by atoms with E-state index >= 15 is 0 Å². The Morgan fingerprint density at radius 3 is 2.71 bits per heavy atom. The fourth-order valence-electron chi connectivity index (χ4n) is 5.24. The second kappa shape index (κ2) is 11.1. The highest BCUT2D eigenvalue weighted by Crippen LogP contribution is 2.31. The maximum atomic E-state index is 14.0. The molecule has 0 spiro atoms. The molecule has 196 valence electrons. The van der Waals surface area contributed by atoms with Gasteiger partial charge in [-0.25, -0.2) is 13.8 Å². The molecule has 2 aliphatic carbocycles. The van der Waals surface area contributed by atoms with Gasteiger partial charge in [0.2, 0.25) is 11.8 Å². The number of rotatable bonds is 8. The van der Waals surface area contributed by atoms with Gasteiger partial charge >= 0.3 is 0 Å². The summed E-state index contributed by atoms with van der Waals surface area (Å²) in [4.78, 5) is 34.2. The van der Waals surface area contributed by atoms with E-state index in [2.05, 4.69) is 15.3 Å². The topological polar surface area (TPSA) is 103 Å². The number of pyridine rings is 1. The lowest BCUT2D eigenvalue weighted by atomic mass is 9.89. The SMILES string of the molecule is NC(=O)C1C=C(c2cccnc2[C@H](Cc2cc(F)cc(F)c2)NC(=O)Cn2cnc3c2CCCC3)C=CC1. The number of halogens is 2.